The van der Waals surface area contributed by atoms with Crippen LogP contribution in [0.2, 0.25) is 0 Å². The summed E-state index contributed by atoms with van der Waals surface area (Å²) < 4.78 is 5.71. The van der Waals surface area contributed by atoms with E-state index >= 15 is 0 Å². The Kier molecular flexibility index (Phi) is 3.15. The van der Waals surface area contributed by atoms with Gasteiger partial charge in [0.1, 0.15) is 5.75 Å². The largest absolute Gasteiger partial charge is 0.493 e. The van der Waals surface area contributed by atoms with Crippen LogP contribution in [0, 0.1) is 5.41 Å². The van der Waals surface area contributed by atoms with Crippen molar-refractivity contribution in [3.8, 4) is 5.75 Å². The van der Waals surface area contributed by atoms with Gasteiger partial charge in [0.2, 0.25) is 0 Å². The predicted molar refractivity (Wildman–Crippen MR) is 59.6 cm³/mol. The second-order valence-electron chi connectivity index (χ2n) is 4.46. The van der Waals surface area contributed by atoms with Gasteiger partial charge in [-0.2, -0.15) is 0 Å². The third kappa shape index (κ3) is 3.64. The number of benzene rings is 1. The van der Waals surface area contributed by atoms with E-state index in [-0.39, 0.29) is 5.41 Å². The maximum atomic E-state index is 5.71. The zero-order valence-corrected chi connectivity index (χ0v) is 10.0. The second-order valence-corrected chi connectivity index (χ2v) is 5.22. The molecule has 0 aliphatic carbocycles. The monoisotopic (exact) mass is 193 g/mol. The summed E-state index contributed by atoms with van der Waals surface area (Å²) in [6.07, 6.45) is 0. The first-order valence-corrected chi connectivity index (χ1v) is 5.23. The van der Waals surface area contributed by atoms with Gasteiger partial charge in [-0.05, 0) is 16.7 Å². The minimum atomic E-state index is 0.228. The highest BCUT2D eigenvalue weighted by molar-refractivity contribution is 6.34. The fraction of sp³-hybridized carbons (Fsp3) is 0.455. The molecule has 0 amide bonds. The van der Waals surface area contributed by atoms with Gasteiger partial charge < -0.3 is 4.74 Å². The molecule has 71 valence electrons. The summed E-state index contributed by atoms with van der Waals surface area (Å²) in [6.45, 7) is 7.29. The number of hydrogen-bond donors (Lipinski definition) is 0. The molecule has 1 aromatic carbocycles. The van der Waals surface area contributed by atoms with Crippen LogP contribution in [0.15, 0.2) is 24.3 Å². The van der Waals surface area contributed by atoms with E-state index in [1.807, 2.05) is 28.4 Å². The van der Waals surface area contributed by atoms with Crippen LogP contribution in [0.25, 0.3) is 0 Å². The molecule has 0 spiro atoms. The minimum Gasteiger partial charge on any atom is -0.493 e. The van der Waals surface area contributed by atoms with Crippen molar-refractivity contribution in [2.24, 2.45) is 5.41 Å². The average molecular weight is 193 g/mol. The summed E-state index contributed by atoms with van der Waals surface area (Å²) in [4.78, 5) is 0. The first-order valence-electron chi connectivity index (χ1n) is 4.53. The van der Waals surface area contributed by atoms with Crippen molar-refractivity contribution in [3.05, 3.63) is 24.3 Å². The number of rotatable bonds is 2. The molecular formula is C11H17OSi. The van der Waals surface area contributed by atoms with Gasteiger partial charge in [0.05, 0.1) is 16.8 Å². The van der Waals surface area contributed by atoms with Gasteiger partial charge in [-0.1, -0.05) is 39.0 Å². The van der Waals surface area contributed by atoms with E-state index in [4.69, 9.17) is 4.74 Å². The molecule has 1 aromatic rings. The number of para-hydroxylation sites is 1. The van der Waals surface area contributed by atoms with E-state index in [1.54, 1.807) is 0 Å². The van der Waals surface area contributed by atoms with Crippen LogP contribution < -0.4 is 9.92 Å². The van der Waals surface area contributed by atoms with Gasteiger partial charge in [0, 0.05) is 0 Å². The molecule has 0 saturated heterocycles. The van der Waals surface area contributed by atoms with Crippen LogP contribution in [0.1, 0.15) is 20.8 Å². The molecule has 1 radical (unpaired) electrons. The lowest BCUT2D eigenvalue weighted by Gasteiger charge is -2.19. The van der Waals surface area contributed by atoms with Crippen molar-refractivity contribution in [3.63, 3.8) is 0 Å². The van der Waals surface area contributed by atoms with E-state index < -0.39 is 0 Å². The Balaban J connectivity index is 2.60. The maximum absolute atomic E-state index is 5.71. The molecule has 0 aliphatic rings. The van der Waals surface area contributed by atoms with E-state index in [9.17, 15) is 0 Å². The third-order valence-corrected chi connectivity index (χ3v) is 2.22. The molecule has 0 aliphatic heterocycles. The van der Waals surface area contributed by atoms with Crippen molar-refractivity contribution < 1.29 is 4.74 Å². The smallest absolute Gasteiger partial charge is 0.117 e. The summed E-state index contributed by atoms with van der Waals surface area (Å²) in [5, 5.41) is 1.23. The Morgan fingerprint density at radius 3 is 2.38 bits per heavy atom. The molecule has 0 aromatic heterocycles. The molecule has 0 fully saturated rings. The van der Waals surface area contributed by atoms with Crippen LogP contribution in [-0.2, 0) is 0 Å². The van der Waals surface area contributed by atoms with E-state index in [1.165, 1.54) is 5.19 Å². The van der Waals surface area contributed by atoms with Crippen molar-refractivity contribution >= 4 is 15.4 Å². The fourth-order valence-electron chi connectivity index (χ4n) is 0.939. The van der Waals surface area contributed by atoms with Crippen LogP contribution in [-0.4, -0.2) is 16.8 Å². The zero-order chi connectivity index (χ0) is 9.90. The van der Waals surface area contributed by atoms with E-state index in [0.717, 1.165) is 12.4 Å². The molecule has 13 heavy (non-hydrogen) atoms. The first kappa shape index (κ1) is 10.3. The average Bonchev–Trinajstić information content (AvgIpc) is 2.01. The highest BCUT2D eigenvalue weighted by Crippen LogP contribution is 2.15. The topological polar surface area (TPSA) is 9.23 Å². The molecule has 0 unspecified atom stereocenters. The lowest BCUT2D eigenvalue weighted by atomic mass is 9.99. The third-order valence-electron chi connectivity index (χ3n) is 1.63. The van der Waals surface area contributed by atoms with Crippen LogP contribution in [0.4, 0.5) is 0 Å². The maximum Gasteiger partial charge on any atom is 0.117 e. The molecule has 1 nitrogen and oxygen atoms in total. The van der Waals surface area contributed by atoms with Crippen molar-refractivity contribution in [2.45, 2.75) is 20.8 Å². The molecule has 1 rings (SSSR count). The molecule has 0 heterocycles. The summed E-state index contributed by atoms with van der Waals surface area (Å²) in [6, 6.07) is 8.15. The summed E-state index contributed by atoms with van der Waals surface area (Å²) in [5.74, 6) is 1.01. The van der Waals surface area contributed by atoms with Crippen molar-refractivity contribution in [1.82, 2.24) is 0 Å². The van der Waals surface area contributed by atoms with E-state index in [2.05, 4.69) is 26.8 Å². The summed E-state index contributed by atoms with van der Waals surface area (Å²) in [5.41, 5.74) is 0.228. The second kappa shape index (κ2) is 3.96. The Morgan fingerprint density at radius 1 is 1.23 bits per heavy atom. The molecule has 0 bridgehead atoms. The Bertz CT molecular complexity index is 276. The standard InChI is InChI=1S/C11H17OSi/c1-11(2,3)8-12-9-6-4-5-7-10(9)13/h4-7H,8,13H2,1-3H3. The molecule has 0 N–H and O–H groups in total. The highest BCUT2D eigenvalue weighted by atomic mass is 28.1. The van der Waals surface area contributed by atoms with Gasteiger partial charge in [0.25, 0.3) is 0 Å². The Morgan fingerprint density at radius 2 is 1.85 bits per heavy atom. The molecular weight excluding hydrogens is 176 g/mol. The Labute approximate surface area is 83.5 Å². The number of hydrogen-bond acceptors (Lipinski definition) is 1. The normalized spacial score (nSPS) is 11.4. The summed E-state index contributed by atoms with van der Waals surface area (Å²) in [7, 11) is 1.86. The highest BCUT2D eigenvalue weighted by Gasteiger charge is 2.11. The first-order chi connectivity index (χ1) is 5.99. The molecule has 2 heteroatoms. The fourth-order valence-corrected chi connectivity index (χ4v) is 1.29. The van der Waals surface area contributed by atoms with Crippen LogP contribution >= 0.6 is 0 Å². The lowest BCUT2D eigenvalue weighted by Crippen LogP contribution is -2.19. The van der Waals surface area contributed by atoms with Crippen LogP contribution in [0.3, 0.4) is 0 Å². The predicted octanol–water partition coefficient (Wildman–Crippen LogP) is 1.37. The van der Waals surface area contributed by atoms with Gasteiger partial charge in [-0.25, -0.2) is 0 Å². The Hall–Kier alpha value is -0.763. The van der Waals surface area contributed by atoms with Gasteiger partial charge >= 0.3 is 0 Å². The zero-order valence-electron chi connectivity index (χ0n) is 8.63. The lowest BCUT2D eigenvalue weighted by molar-refractivity contribution is 0.199. The van der Waals surface area contributed by atoms with E-state index in [0.29, 0.717) is 0 Å². The van der Waals surface area contributed by atoms with Crippen LogP contribution in [0.5, 0.6) is 5.75 Å². The number of ether oxygens (including phenoxy) is 1. The SMILES string of the molecule is CC(C)(C)COc1ccccc1[SiH2]. The molecule has 0 saturated carbocycles. The molecule has 0 atom stereocenters. The quantitative estimate of drug-likeness (QED) is 0.645. The minimum absolute atomic E-state index is 0.228. The van der Waals surface area contributed by atoms with Crippen molar-refractivity contribution in [2.75, 3.05) is 6.61 Å². The van der Waals surface area contributed by atoms with Gasteiger partial charge in [0.15, 0.2) is 0 Å². The van der Waals surface area contributed by atoms with Gasteiger partial charge in [-0.15, -0.1) is 0 Å². The van der Waals surface area contributed by atoms with Gasteiger partial charge in [-0.3, -0.25) is 0 Å². The van der Waals surface area contributed by atoms with Crippen molar-refractivity contribution in [1.29, 1.82) is 0 Å². The summed E-state index contributed by atoms with van der Waals surface area (Å²) >= 11 is 0.